The van der Waals surface area contributed by atoms with Crippen LogP contribution in [0.15, 0.2) is 33.8 Å². The first-order valence-corrected chi connectivity index (χ1v) is 7.56. The summed E-state index contributed by atoms with van der Waals surface area (Å²) in [5.41, 5.74) is 9.68. The van der Waals surface area contributed by atoms with E-state index in [1.807, 2.05) is 31.2 Å². The van der Waals surface area contributed by atoms with Crippen LogP contribution < -0.4 is 11.2 Å². The van der Waals surface area contributed by atoms with Crippen molar-refractivity contribution in [2.24, 2.45) is 5.10 Å². The molecule has 0 saturated carbocycles. The minimum atomic E-state index is -0.292. The maximum absolute atomic E-state index is 12.0. The number of hydrogen-bond acceptors (Lipinski definition) is 5. The van der Waals surface area contributed by atoms with E-state index in [0.29, 0.717) is 22.1 Å². The van der Waals surface area contributed by atoms with Crippen LogP contribution in [0.3, 0.4) is 0 Å². The molecule has 1 aromatic carbocycles. The van der Waals surface area contributed by atoms with Crippen LogP contribution in [-0.2, 0) is 6.42 Å². The lowest BCUT2D eigenvalue weighted by Crippen LogP contribution is -2.17. The molecule has 7 heteroatoms. The molecule has 2 rings (SSSR count). The Labute approximate surface area is 129 Å². The van der Waals surface area contributed by atoms with Crippen molar-refractivity contribution in [3.05, 3.63) is 44.9 Å². The highest BCUT2D eigenvalue weighted by atomic mass is 79.9. The summed E-state index contributed by atoms with van der Waals surface area (Å²) in [4.78, 5) is 16.6. The Morgan fingerprint density at radius 3 is 3.00 bits per heavy atom. The molecule has 0 aliphatic heterocycles. The molecule has 20 heavy (non-hydrogen) atoms. The maximum Gasteiger partial charge on any atom is 0.283 e. The molecule has 2 aromatic rings. The summed E-state index contributed by atoms with van der Waals surface area (Å²) in [5.74, 6) is -0.292. The molecule has 3 N–H and O–H groups in total. The molecule has 0 aliphatic rings. The quantitative estimate of drug-likeness (QED) is 0.655. The number of aryl methyl sites for hydroxylation is 1. The molecule has 0 radical (unpaired) electrons. The fourth-order valence-corrected chi connectivity index (χ4v) is 2.78. The zero-order valence-corrected chi connectivity index (χ0v) is 13.2. The third-order valence-corrected chi connectivity index (χ3v) is 4.18. The van der Waals surface area contributed by atoms with Gasteiger partial charge in [0.2, 0.25) is 0 Å². The van der Waals surface area contributed by atoms with Gasteiger partial charge in [-0.2, -0.15) is 5.10 Å². The summed E-state index contributed by atoms with van der Waals surface area (Å²) in [7, 11) is 0. The molecule has 5 nitrogen and oxygen atoms in total. The Morgan fingerprint density at radius 1 is 1.55 bits per heavy atom. The maximum atomic E-state index is 12.0. The van der Waals surface area contributed by atoms with E-state index in [9.17, 15) is 4.79 Å². The first-order chi connectivity index (χ1) is 9.61. The summed E-state index contributed by atoms with van der Waals surface area (Å²) in [6.07, 6.45) is 2.24. The van der Waals surface area contributed by atoms with Gasteiger partial charge in [0.05, 0.1) is 11.9 Å². The highest BCUT2D eigenvalue weighted by Crippen LogP contribution is 2.20. The number of aromatic nitrogens is 1. The summed E-state index contributed by atoms with van der Waals surface area (Å²) in [5, 5.41) is 4.34. The van der Waals surface area contributed by atoms with Gasteiger partial charge in [-0.05, 0) is 12.5 Å². The van der Waals surface area contributed by atoms with Gasteiger partial charge >= 0.3 is 0 Å². The Morgan fingerprint density at radius 2 is 2.30 bits per heavy atom. The first-order valence-electron chi connectivity index (χ1n) is 5.95. The predicted octanol–water partition coefficient (Wildman–Crippen LogP) is 2.81. The van der Waals surface area contributed by atoms with E-state index in [4.69, 9.17) is 5.73 Å². The number of carbonyl (C=O) groups is 1. The van der Waals surface area contributed by atoms with E-state index in [1.165, 1.54) is 11.3 Å². The smallest absolute Gasteiger partial charge is 0.283 e. The fraction of sp³-hybridized carbons (Fsp3) is 0.154. The van der Waals surface area contributed by atoms with Crippen LogP contribution in [-0.4, -0.2) is 17.1 Å². The number of carbonyl (C=O) groups excluding carboxylic acids is 1. The summed E-state index contributed by atoms with van der Waals surface area (Å²) in [6, 6.07) is 7.60. The number of nitrogen functional groups attached to an aromatic ring is 1. The molecular formula is C13H13BrN4OS. The molecule has 1 heterocycles. The molecule has 0 fully saturated rings. The average Bonchev–Trinajstić information content (AvgIpc) is 2.82. The van der Waals surface area contributed by atoms with E-state index in [-0.39, 0.29) is 5.91 Å². The molecule has 0 bridgehead atoms. The van der Waals surface area contributed by atoms with Crippen LogP contribution >= 0.6 is 27.3 Å². The number of nitrogens with two attached hydrogens (primary N) is 1. The number of nitrogens with one attached hydrogen (secondary N) is 1. The van der Waals surface area contributed by atoms with Gasteiger partial charge in [0, 0.05) is 10.0 Å². The van der Waals surface area contributed by atoms with Crippen molar-refractivity contribution in [1.82, 2.24) is 10.4 Å². The zero-order chi connectivity index (χ0) is 14.5. The number of benzene rings is 1. The molecule has 0 spiro atoms. The molecule has 0 unspecified atom stereocenters. The lowest BCUT2D eigenvalue weighted by Gasteiger charge is -1.99. The van der Waals surface area contributed by atoms with E-state index in [1.54, 1.807) is 6.21 Å². The SMILES string of the molecule is CCc1nc(N)sc1C(=O)N/N=C\c1ccccc1Br. The van der Waals surface area contributed by atoms with E-state index < -0.39 is 0 Å². The second-order valence-corrected chi connectivity index (χ2v) is 5.79. The van der Waals surface area contributed by atoms with Gasteiger partial charge in [0.25, 0.3) is 5.91 Å². The number of anilines is 1. The molecule has 1 amide bonds. The molecule has 0 atom stereocenters. The normalized spacial score (nSPS) is 10.9. The van der Waals surface area contributed by atoms with E-state index in [0.717, 1.165) is 10.0 Å². The molecule has 1 aromatic heterocycles. The molecular weight excluding hydrogens is 340 g/mol. The second kappa shape index (κ2) is 6.62. The average molecular weight is 353 g/mol. The van der Waals surface area contributed by atoms with Crippen LogP contribution in [0.4, 0.5) is 5.13 Å². The zero-order valence-electron chi connectivity index (χ0n) is 10.8. The fourth-order valence-electron chi connectivity index (χ4n) is 1.58. The molecule has 104 valence electrons. The Hall–Kier alpha value is -1.73. The topological polar surface area (TPSA) is 80.4 Å². The van der Waals surface area contributed by atoms with Gasteiger partial charge in [-0.15, -0.1) is 0 Å². The van der Waals surface area contributed by atoms with Crippen LogP contribution in [0.25, 0.3) is 0 Å². The second-order valence-electron chi connectivity index (χ2n) is 3.90. The number of nitrogens with zero attached hydrogens (tertiary/aromatic N) is 2. The third kappa shape index (κ3) is 3.43. The number of thiazole rings is 1. The molecule has 0 saturated heterocycles. The van der Waals surface area contributed by atoms with Crippen molar-refractivity contribution in [2.75, 3.05) is 5.73 Å². The van der Waals surface area contributed by atoms with Crippen molar-refractivity contribution >= 4 is 44.5 Å². The van der Waals surface area contributed by atoms with Crippen LogP contribution in [0.5, 0.6) is 0 Å². The number of rotatable bonds is 4. The summed E-state index contributed by atoms with van der Waals surface area (Å²) >= 11 is 4.57. The third-order valence-electron chi connectivity index (χ3n) is 2.53. The van der Waals surface area contributed by atoms with Crippen LogP contribution in [0.2, 0.25) is 0 Å². The Bertz CT molecular complexity index is 654. The molecule has 0 aliphatic carbocycles. The van der Waals surface area contributed by atoms with Crippen molar-refractivity contribution < 1.29 is 4.79 Å². The van der Waals surface area contributed by atoms with E-state index in [2.05, 4.69) is 31.4 Å². The summed E-state index contributed by atoms with van der Waals surface area (Å²) < 4.78 is 0.911. The summed E-state index contributed by atoms with van der Waals surface area (Å²) in [6.45, 7) is 1.93. The first kappa shape index (κ1) is 14.7. The Kier molecular flexibility index (Phi) is 4.86. The van der Waals surface area contributed by atoms with Crippen molar-refractivity contribution in [2.45, 2.75) is 13.3 Å². The standard InChI is InChI=1S/C13H13BrN4OS/c1-2-10-11(20-13(15)17-10)12(19)18-16-7-8-5-3-4-6-9(8)14/h3-7H,2H2,1H3,(H2,15,17)(H,18,19)/b16-7-. The lowest BCUT2D eigenvalue weighted by molar-refractivity contribution is 0.0958. The van der Waals surface area contributed by atoms with Crippen LogP contribution in [0, 0.1) is 0 Å². The Balaban J connectivity index is 2.07. The highest BCUT2D eigenvalue weighted by Gasteiger charge is 2.15. The minimum absolute atomic E-state index is 0.292. The minimum Gasteiger partial charge on any atom is -0.375 e. The van der Waals surface area contributed by atoms with Crippen molar-refractivity contribution in [3.8, 4) is 0 Å². The van der Waals surface area contributed by atoms with Gasteiger partial charge in [-0.3, -0.25) is 4.79 Å². The number of hydrogen-bond donors (Lipinski definition) is 2. The number of hydrazone groups is 1. The monoisotopic (exact) mass is 352 g/mol. The van der Waals surface area contributed by atoms with Gasteiger partial charge in [0.1, 0.15) is 4.88 Å². The number of amides is 1. The van der Waals surface area contributed by atoms with Crippen molar-refractivity contribution in [3.63, 3.8) is 0 Å². The van der Waals surface area contributed by atoms with Gasteiger partial charge in [-0.25, -0.2) is 10.4 Å². The highest BCUT2D eigenvalue weighted by molar-refractivity contribution is 9.10. The number of halogens is 1. The van der Waals surface area contributed by atoms with Gasteiger partial charge in [0.15, 0.2) is 5.13 Å². The van der Waals surface area contributed by atoms with Crippen LogP contribution in [0.1, 0.15) is 27.9 Å². The largest absolute Gasteiger partial charge is 0.375 e. The van der Waals surface area contributed by atoms with Gasteiger partial charge < -0.3 is 5.73 Å². The van der Waals surface area contributed by atoms with E-state index >= 15 is 0 Å². The lowest BCUT2D eigenvalue weighted by atomic mass is 10.2. The predicted molar refractivity (Wildman–Crippen MR) is 85.1 cm³/mol. The van der Waals surface area contributed by atoms with Crippen molar-refractivity contribution in [1.29, 1.82) is 0 Å². The van der Waals surface area contributed by atoms with Gasteiger partial charge in [-0.1, -0.05) is 52.4 Å².